The molecule has 0 aliphatic carbocycles. The maximum atomic E-state index is 15.0. The highest BCUT2D eigenvalue weighted by Gasteiger charge is 2.43. The normalized spacial score (nSPS) is 11.2. The van der Waals surface area contributed by atoms with Crippen LogP contribution in [0.5, 0.6) is 5.75 Å². The molecule has 180 valence electrons. The van der Waals surface area contributed by atoms with Gasteiger partial charge in [0, 0.05) is 33.6 Å². The first-order valence-electron chi connectivity index (χ1n) is 9.13. The summed E-state index contributed by atoms with van der Waals surface area (Å²) in [7, 11) is 0.729. The first kappa shape index (κ1) is 25.4. The molecule has 0 N–H and O–H groups in total. The molecular weight excluding hydrogens is 488 g/mol. The first-order chi connectivity index (χ1) is 15.8. The van der Waals surface area contributed by atoms with Gasteiger partial charge in [0.2, 0.25) is 0 Å². The van der Waals surface area contributed by atoms with E-state index in [1.807, 2.05) is 0 Å². The van der Waals surface area contributed by atoms with Crippen LogP contribution in [0.4, 0.5) is 48.3 Å². The summed E-state index contributed by atoms with van der Waals surface area (Å²) in [5.74, 6) is -25.7. The fourth-order valence-corrected chi connectivity index (χ4v) is 3.46. The Morgan fingerprint density at radius 1 is 0.500 bits per heavy atom. The molecule has 0 heterocycles. The Hall–Kier alpha value is -3.25. The van der Waals surface area contributed by atoms with Gasteiger partial charge in [0.25, 0.3) is 6.71 Å². The van der Waals surface area contributed by atoms with Crippen LogP contribution in [-0.4, -0.2) is 13.8 Å². The van der Waals surface area contributed by atoms with Crippen LogP contribution < -0.4 is 21.1 Å². The van der Waals surface area contributed by atoms with Crippen LogP contribution in [0.3, 0.4) is 0 Å². The molecule has 0 unspecified atom stereocenters. The largest absolute Gasteiger partial charge is 0.494 e. The van der Waals surface area contributed by atoms with Gasteiger partial charge in [-0.25, -0.2) is 48.3 Å². The minimum atomic E-state index is -3.29. The maximum absolute atomic E-state index is 15.0. The van der Waals surface area contributed by atoms with Crippen LogP contribution in [0.1, 0.15) is 11.1 Å². The third kappa shape index (κ3) is 3.57. The third-order valence-electron chi connectivity index (χ3n) is 5.28. The van der Waals surface area contributed by atoms with E-state index in [4.69, 9.17) is 0 Å². The van der Waals surface area contributed by atoms with Crippen molar-refractivity contribution in [1.29, 1.82) is 0 Å². The fraction of sp³-hybridized carbons (Fsp3) is 0.143. The van der Waals surface area contributed by atoms with Crippen LogP contribution in [-0.2, 0) is 0 Å². The van der Waals surface area contributed by atoms with Gasteiger partial charge in [0.1, 0.15) is 0 Å². The molecule has 0 aromatic heterocycles. The lowest BCUT2D eigenvalue weighted by Gasteiger charge is -2.22. The lowest BCUT2D eigenvalue weighted by molar-refractivity contribution is 0.379. The number of ether oxygens (including phenoxy) is 1. The quantitative estimate of drug-likeness (QED) is 0.296. The van der Waals surface area contributed by atoms with Crippen LogP contribution in [0.25, 0.3) is 0 Å². The highest BCUT2D eigenvalue weighted by Crippen LogP contribution is 2.25. The van der Waals surface area contributed by atoms with Crippen molar-refractivity contribution in [3.8, 4) is 5.75 Å². The average molecular weight is 498 g/mol. The molecule has 0 amide bonds. The summed E-state index contributed by atoms with van der Waals surface area (Å²) in [6.45, 7) is -2.17. The van der Waals surface area contributed by atoms with Gasteiger partial charge in [0.05, 0.1) is 7.11 Å². The summed E-state index contributed by atoms with van der Waals surface area (Å²) in [5.41, 5.74) is -8.62. The van der Waals surface area contributed by atoms with E-state index in [1.165, 1.54) is 0 Å². The number of rotatable bonds is 4. The molecule has 0 aliphatic heterocycles. The molecule has 3 rings (SSSR count). The zero-order chi connectivity index (χ0) is 25.8. The second-order valence-corrected chi connectivity index (χ2v) is 7.12. The van der Waals surface area contributed by atoms with E-state index >= 15 is 4.39 Å². The summed E-state index contributed by atoms with van der Waals surface area (Å²) in [4.78, 5) is 0. The van der Waals surface area contributed by atoms with Gasteiger partial charge < -0.3 is 4.74 Å². The molecule has 0 fully saturated rings. The molecule has 3 aromatic rings. The molecule has 0 radical (unpaired) electrons. The van der Waals surface area contributed by atoms with Crippen LogP contribution in [0.2, 0.25) is 0 Å². The van der Waals surface area contributed by atoms with Crippen molar-refractivity contribution in [3.05, 3.63) is 81.2 Å². The third-order valence-corrected chi connectivity index (χ3v) is 5.28. The van der Waals surface area contributed by atoms with Crippen molar-refractivity contribution in [2.24, 2.45) is 0 Å². The smallest absolute Gasteiger partial charge is 0.265 e. The molecule has 3 aromatic carbocycles. The lowest BCUT2D eigenvalue weighted by Crippen LogP contribution is -2.60. The highest BCUT2D eigenvalue weighted by atomic mass is 19.2. The van der Waals surface area contributed by atoms with Gasteiger partial charge in [-0.1, -0.05) is 0 Å². The minimum Gasteiger partial charge on any atom is -0.494 e. The van der Waals surface area contributed by atoms with Crippen molar-refractivity contribution < 1.29 is 53.0 Å². The minimum absolute atomic E-state index is 0.108. The molecule has 0 spiro atoms. The monoisotopic (exact) mass is 498 g/mol. The predicted molar refractivity (Wildman–Crippen MR) is 99.5 cm³/mol. The maximum Gasteiger partial charge on any atom is 0.265 e. The Morgan fingerprint density at radius 3 is 1.15 bits per heavy atom. The summed E-state index contributed by atoms with van der Waals surface area (Å²) >= 11 is 0. The average Bonchev–Trinajstić information content (AvgIpc) is 2.81. The number of benzene rings is 3. The van der Waals surface area contributed by atoms with E-state index in [0.717, 1.165) is 7.11 Å². The van der Waals surface area contributed by atoms with E-state index in [0.29, 0.717) is 13.8 Å². The second kappa shape index (κ2) is 8.84. The zero-order valence-electron chi connectivity index (χ0n) is 17.2. The van der Waals surface area contributed by atoms with E-state index in [-0.39, 0.29) is 6.07 Å². The van der Waals surface area contributed by atoms with Gasteiger partial charge in [-0.3, -0.25) is 0 Å². The molecule has 34 heavy (non-hydrogen) atoms. The van der Waals surface area contributed by atoms with Gasteiger partial charge in [-0.2, -0.15) is 0 Å². The molecule has 0 atom stereocenters. The fourth-order valence-electron chi connectivity index (χ4n) is 3.46. The molecule has 0 bridgehead atoms. The van der Waals surface area contributed by atoms with E-state index in [9.17, 15) is 43.9 Å². The number of hydrogen-bond acceptors (Lipinski definition) is 1. The van der Waals surface area contributed by atoms with E-state index < -0.39 is 104 Å². The predicted octanol–water partition coefficient (Wildman–Crippen LogP) is 4.36. The van der Waals surface area contributed by atoms with Crippen LogP contribution >= 0.6 is 0 Å². The topological polar surface area (TPSA) is 9.23 Å². The molecule has 0 aliphatic rings. The standard InChI is InChI=1S/C21H10BF11O/c1-5-12(24)18(30)10(19(31)13(5)25)22(9-16(28)7(23)4-8(34-3)17(9)29)11-20(32)14(26)6(2)15(27)21(11)33/h4H,1-3H3. The summed E-state index contributed by atoms with van der Waals surface area (Å²) in [5, 5.41) is 0. The number of halogens is 11. The summed E-state index contributed by atoms with van der Waals surface area (Å²) < 4.78 is 165. The van der Waals surface area contributed by atoms with Gasteiger partial charge >= 0.3 is 0 Å². The van der Waals surface area contributed by atoms with Crippen molar-refractivity contribution in [3.63, 3.8) is 0 Å². The Bertz CT molecular complexity index is 1210. The van der Waals surface area contributed by atoms with Gasteiger partial charge in [-0.15, -0.1) is 0 Å². The molecule has 0 saturated carbocycles. The number of hydrogen-bond donors (Lipinski definition) is 0. The Labute approximate surface area is 184 Å². The van der Waals surface area contributed by atoms with E-state index in [1.54, 1.807) is 0 Å². The first-order valence-corrected chi connectivity index (χ1v) is 9.13. The molecule has 0 saturated heterocycles. The van der Waals surface area contributed by atoms with Gasteiger partial charge in [0.15, 0.2) is 69.7 Å². The molecule has 1 nitrogen and oxygen atoms in total. The zero-order valence-corrected chi connectivity index (χ0v) is 17.2. The Kier molecular flexibility index (Phi) is 6.60. The van der Waals surface area contributed by atoms with Gasteiger partial charge in [-0.05, 0) is 13.8 Å². The number of methoxy groups -OCH3 is 1. The lowest BCUT2D eigenvalue weighted by atomic mass is 9.35. The summed E-state index contributed by atoms with van der Waals surface area (Å²) in [6, 6.07) is 0.108. The second-order valence-electron chi connectivity index (χ2n) is 7.12. The van der Waals surface area contributed by atoms with Crippen LogP contribution in [0.15, 0.2) is 6.07 Å². The van der Waals surface area contributed by atoms with Crippen LogP contribution in [0, 0.1) is 77.8 Å². The van der Waals surface area contributed by atoms with Crippen molar-refractivity contribution >= 4 is 23.1 Å². The van der Waals surface area contributed by atoms with Crippen molar-refractivity contribution in [2.45, 2.75) is 13.8 Å². The van der Waals surface area contributed by atoms with E-state index in [2.05, 4.69) is 4.74 Å². The van der Waals surface area contributed by atoms with Crippen molar-refractivity contribution in [1.82, 2.24) is 0 Å². The SMILES string of the molecule is COc1cc(F)c(F)c(B(c2c(F)c(F)c(C)c(F)c2F)c2c(F)c(F)c(C)c(F)c2F)c1F. The highest BCUT2D eigenvalue weighted by molar-refractivity contribution is 6.95. The molecule has 13 heteroatoms. The Morgan fingerprint density at radius 2 is 0.824 bits per heavy atom. The Balaban J connectivity index is 2.66. The van der Waals surface area contributed by atoms with Crippen molar-refractivity contribution in [2.75, 3.05) is 7.11 Å². The summed E-state index contributed by atoms with van der Waals surface area (Å²) in [6.07, 6.45) is 0. The molecular formula is C21H10BF11O.